The maximum absolute atomic E-state index is 5.50. The predicted octanol–water partition coefficient (Wildman–Crippen LogP) is 2.60. The maximum atomic E-state index is 5.50. The Balaban J connectivity index is 1.97. The molecule has 106 valence electrons. The molecule has 3 nitrogen and oxygen atoms in total. The molecule has 19 heavy (non-hydrogen) atoms. The van der Waals surface area contributed by atoms with Crippen LogP contribution in [-0.2, 0) is 10.2 Å². The van der Waals surface area contributed by atoms with Crippen LogP contribution in [0, 0.1) is 5.92 Å². The number of benzene rings is 1. The van der Waals surface area contributed by atoms with Crippen molar-refractivity contribution in [2.75, 3.05) is 33.4 Å². The second-order valence-electron chi connectivity index (χ2n) is 5.39. The minimum atomic E-state index is 0.318. The van der Waals surface area contributed by atoms with Gasteiger partial charge >= 0.3 is 0 Å². The van der Waals surface area contributed by atoms with Gasteiger partial charge in [0.15, 0.2) is 0 Å². The van der Waals surface area contributed by atoms with Crippen LogP contribution in [0.4, 0.5) is 0 Å². The number of ether oxygens (including phenoxy) is 2. The second kappa shape index (κ2) is 6.40. The average molecular weight is 263 g/mol. The normalized spacial score (nSPS) is 25.3. The number of nitrogens with one attached hydrogen (secondary N) is 1. The molecular weight excluding hydrogens is 238 g/mol. The zero-order valence-electron chi connectivity index (χ0n) is 12.2. The molecule has 3 heteroatoms. The lowest BCUT2D eigenvalue weighted by atomic mass is 9.93. The highest BCUT2D eigenvalue weighted by Gasteiger charge is 2.51. The summed E-state index contributed by atoms with van der Waals surface area (Å²) in [6.07, 6.45) is 1.26. The molecule has 0 aromatic heterocycles. The highest BCUT2D eigenvalue weighted by Crippen LogP contribution is 2.53. The van der Waals surface area contributed by atoms with Crippen LogP contribution in [0.25, 0.3) is 0 Å². The van der Waals surface area contributed by atoms with Gasteiger partial charge in [-0.1, -0.05) is 19.1 Å². The molecule has 2 unspecified atom stereocenters. The Hall–Kier alpha value is -1.06. The lowest BCUT2D eigenvalue weighted by Crippen LogP contribution is -2.30. The Kier molecular flexibility index (Phi) is 4.83. The molecule has 0 aliphatic heterocycles. The van der Waals surface area contributed by atoms with E-state index in [1.54, 1.807) is 7.11 Å². The van der Waals surface area contributed by atoms with Crippen molar-refractivity contribution in [1.82, 2.24) is 5.32 Å². The lowest BCUT2D eigenvalue weighted by Gasteiger charge is -2.18. The first kappa shape index (κ1) is 14.4. The number of hydrogen-bond donors (Lipinski definition) is 1. The van der Waals surface area contributed by atoms with Gasteiger partial charge in [-0.3, -0.25) is 0 Å². The fraction of sp³-hybridized carbons (Fsp3) is 0.625. The summed E-state index contributed by atoms with van der Waals surface area (Å²) in [6, 6.07) is 8.60. The van der Waals surface area contributed by atoms with E-state index < -0.39 is 0 Å². The monoisotopic (exact) mass is 263 g/mol. The molecule has 0 heterocycles. The van der Waals surface area contributed by atoms with E-state index in [1.165, 1.54) is 12.0 Å². The van der Waals surface area contributed by atoms with Crippen molar-refractivity contribution in [3.8, 4) is 5.75 Å². The van der Waals surface area contributed by atoms with Crippen LogP contribution in [0.2, 0.25) is 0 Å². The van der Waals surface area contributed by atoms with E-state index in [1.807, 2.05) is 6.92 Å². The Morgan fingerprint density at radius 1 is 1.32 bits per heavy atom. The van der Waals surface area contributed by atoms with Gasteiger partial charge in [0.1, 0.15) is 5.75 Å². The highest BCUT2D eigenvalue weighted by molar-refractivity contribution is 5.38. The average Bonchev–Trinajstić information content (AvgIpc) is 3.08. The molecule has 0 saturated heterocycles. The number of hydrogen-bond acceptors (Lipinski definition) is 3. The highest BCUT2D eigenvalue weighted by atomic mass is 16.5. The van der Waals surface area contributed by atoms with Crippen LogP contribution in [0.5, 0.6) is 5.75 Å². The SMILES string of the molecule is CCOc1ccc(C2(CNCCOC)CC2C)cc1. The van der Waals surface area contributed by atoms with Crippen LogP contribution in [0.1, 0.15) is 25.8 Å². The second-order valence-corrected chi connectivity index (χ2v) is 5.39. The Morgan fingerprint density at radius 3 is 2.53 bits per heavy atom. The van der Waals surface area contributed by atoms with Crippen molar-refractivity contribution >= 4 is 0 Å². The molecule has 0 radical (unpaired) electrons. The molecule has 1 aromatic rings. The van der Waals surface area contributed by atoms with E-state index >= 15 is 0 Å². The first-order valence-electron chi connectivity index (χ1n) is 7.16. The summed E-state index contributed by atoms with van der Waals surface area (Å²) in [6.45, 7) is 7.78. The Labute approximate surface area is 116 Å². The van der Waals surface area contributed by atoms with E-state index in [0.717, 1.165) is 38.0 Å². The largest absolute Gasteiger partial charge is 0.494 e. The van der Waals surface area contributed by atoms with Crippen molar-refractivity contribution in [1.29, 1.82) is 0 Å². The molecule has 1 N–H and O–H groups in total. The third kappa shape index (κ3) is 3.28. The smallest absolute Gasteiger partial charge is 0.119 e. The summed E-state index contributed by atoms with van der Waals surface area (Å²) < 4.78 is 10.6. The van der Waals surface area contributed by atoms with Crippen LogP contribution < -0.4 is 10.1 Å². The topological polar surface area (TPSA) is 30.5 Å². The summed E-state index contributed by atoms with van der Waals surface area (Å²) in [5.74, 6) is 1.71. The molecule has 0 amide bonds. The molecule has 2 atom stereocenters. The van der Waals surface area contributed by atoms with E-state index in [9.17, 15) is 0 Å². The van der Waals surface area contributed by atoms with Gasteiger partial charge in [0.25, 0.3) is 0 Å². The predicted molar refractivity (Wildman–Crippen MR) is 77.8 cm³/mol. The minimum Gasteiger partial charge on any atom is -0.494 e. The van der Waals surface area contributed by atoms with Crippen LogP contribution in [-0.4, -0.2) is 33.4 Å². The minimum absolute atomic E-state index is 0.318. The van der Waals surface area contributed by atoms with Crippen LogP contribution >= 0.6 is 0 Å². The van der Waals surface area contributed by atoms with Gasteiger partial charge in [-0.15, -0.1) is 0 Å². The third-order valence-electron chi connectivity index (χ3n) is 4.12. The molecule has 1 aromatic carbocycles. The molecular formula is C16H25NO2. The first-order valence-corrected chi connectivity index (χ1v) is 7.16. The Bertz CT molecular complexity index is 390. The van der Waals surface area contributed by atoms with E-state index in [0.29, 0.717) is 5.41 Å². The summed E-state index contributed by atoms with van der Waals surface area (Å²) in [7, 11) is 1.74. The third-order valence-corrected chi connectivity index (χ3v) is 4.12. The number of rotatable bonds is 8. The molecule has 1 aliphatic carbocycles. The van der Waals surface area contributed by atoms with Gasteiger partial charge in [-0.2, -0.15) is 0 Å². The lowest BCUT2D eigenvalue weighted by molar-refractivity contribution is 0.198. The van der Waals surface area contributed by atoms with Gasteiger partial charge in [-0.25, -0.2) is 0 Å². The summed E-state index contributed by atoms with van der Waals surface area (Å²) >= 11 is 0. The maximum Gasteiger partial charge on any atom is 0.119 e. The number of methoxy groups -OCH3 is 1. The molecule has 1 saturated carbocycles. The van der Waals surface area contributed by atoms with Crippen molar-refractivity contribution in [3.05, 3.63) is 29.8 Å². The fourth-order valence-electron chi connectivity index (χ4n) is 2.77. The van der Waals surface area contributed by atoms with Crippen LogP contribution in [0.15, 0.2) is 24.3 Å². The molecule has 0 bridgehead atoms. The molecule has 2 rings (SSSR count). The van der Waals surface area contributed by atoms with Gasteiger partial charge < -0.3 is 14.8 Å². The van der Waals surface area contributed by atoms with Crippen molar-refractivity contribution in [3.63, 3.8) is 0 Å². The molecule has 0 spiro atoms. The van der Waals surface area contributed by atoms with Crippen molar-refractivity contribution < 1.29 is 9.47 Å². The Morgan fingerprint density at radius 2 is 2.00 bits per heavy atom. The summed E-state index contributed by atoms with van der Waals surface area (Å²) in [5, 5.41) is 3.50. The van der Waals surface area contributed by atoms with Gasteiger partial charge in [0.05, 0.1) is 13.2 Å². The van der Waals surface area contributed by atoms with Crippen LogP contribution in [0.3, 0.4) is 0 Å². The summed E-state index contributed by atoms with van der Waals surface area (Å²) in [4.78, 5) is 0. The summed E-state index contributed by atoms with van der Waals surface area (Å²) in [5.41, 5.74) is 1.74. The van der Waals surface area contributed by atoms with Crippen molar-refractivity contribution in [2.45, 2.75) is 25.7 Å². The van der Waals surface area contributed by atoms with Crippen molar-refractivity contribution in [2.24, 2.45) is 5.92 Å². The van der Waals surface area contributed by atoms with Gasteiger partial charge in [-0.05, 0) is 37.0 Å². The van der Waals surface area contributed by atoms with E-state index in [2.05, 4.69) is 36.5 Å². The van der Waals surface area contributed by atoms with Gasteiger partial charge in [0, 0.05) is 25.6 Å². The quantitative estimate of drug-likeness (QED) is 0.731. The standard InChI is InChI=1S/C16H25NO2/c1-4-19-15-7-5-14(6-8-15)16(11-13(16)2)12-17-9-10-18-3/h5-8,13,17H,4,9-12H2,1-3H3. The first-order chi connectivity index (χ1) is 9.23. The molecule has 1 fully saturated rings. The molecule has 1 aliphatic rings. The zero-order chi connectivity index (χ0) is 13.7. The fourth-order valence-corrected chi connectivity index (χ4v) is 2.77. The van der Waals surface area contributed by atoms with E-state index in [-0.39, 0.29) is 0 Å². The zero-order valence-corrected chi connectivity index (χ0v) is 12.2. The van der Waals surface area contributed by atoms with E-state index in [4.69, 9.17) is 9.47 Å². The van der Waals surface area contributed by atoms with Gasteiger partial charge in [0.2, 0.25) is 0 Å².